The molecule has 0 saturated heterocycles. The molecule has 1 rings (SSSR count). The van der Waals surface area contributed by atoms with Crippen LogP contribution in [0.5, 0.6) is 0 Å². The average molecular weight is 215 g/mol. The maximum Gasteiger partial charge on any atom is 0.0594 e. The summed E-state index contributed by atoms with van der Waals surface area (Å²) < 4.78 is 10.9. The Morgan fingerprint density at radius 2 is 2.13 bits per heavy atom. The number of hydrogen-bond donors (Lipinski definition) is 1. The molecule has 15 heavy (non-hydrogen) atoms. The van der Waals surface area contributed by atoms with Crippen molar-refractivity contribution in [2.75, 3.05) is 20.3 Å². The van der Waals surface area contributed by atoms with Gasteiger partial charge >= 0.3 is 0 Å². The first-order valence-electron chi connectivity index (χ1n) is 6.10. The molecule has 0 aromatic carbocycles. The molecule has 1 saturated carbocycles. The van der Waals surface area contributed by atoms with Gasteiger partial charge in [0.1, 0.15) is 0 Å². The first-order chi connectivity index (χ1) is 7.22. The Kier molecular flexibility index (Phi) is 6.22. The van der Waals surface area contributed by atoms with Crippen molar-refractivity contribution in [1.29, 1.82) is 0 Å². The maximum atomic E-state index is 5.49. The fourth-order valence-electron chi connectivity index (χ4n) is 2.10. The average Bonchev–Trinajstić information content (AvgIpc) is 2.24. The molecule has 2 unspecified atom stereocenters. The van der Waals surface area contributed by atoms with Crippen LogP contribution in [0, 0.1) is 0 Å². The number of ether oxygens (including phenoxy) is 2. The van der Waals surface area contributed by atoms with Crippen LogP contribution >= 0.6 is 0 Å². The smallest absolute Gasteiger partial charge is 0.0594 e. The van der Waals surface area contributed by atoms with Gasteiger partial charge in [-0.2, -0.15) is 0 Å². The Bertz CT molecular complexity index is 162. The van der Waals surface area contributed by atoms with Crippen LogP contribution in [0.25, 0.3) is 0 Å². The normalized spacial score (nSPS) is 27.2. The Labute approximate surface area is 93.5 Å². The highest BCUT2D eigenvalue weighted by molar-refractivity contribution is 4.77. The molecule has 0 amide bonds. The predicted molar refractivity (Wildman–Crippen MR) is 62.1 cm³/mol. The molecule has 3 nitrogen and oxygen atoms in total. The quantitative estimate of drug-likeness (QED) is 0.687. The van der Waals surface area contributed by atoms with E-state index in [4.69, 9.17) is 9.47 Å². The summed E-state index contributed by atoms with van der Waals surface area (Å²) in [6, 6.07) is 0.625. The van der Waals surface area contributed by atoms with Crippen molar-refractivity contribution in [3.63, 3.8) is 0 Å². The zero-order valence-electron chi connectivity index (χ0n) is 10.3. The molecule has 3 heteroatoms. The largest absolute Gasteiger partial charge is 0.381 e. The van der Waals surface area contributed by atoms with E-state index in [9.17, 15) is 0 Å². The lowest BCUT2D eigenvalue weighted by Gasteiger charge is -2.29. The highest BCUT2D eigenvalue weighted by Gasteiger charge is 2.20. The molecule has 1 aliphatic carbocycles. The number of hydrogen-bond acceptors (Lipinski definition) is 3. The third-order valence-electron chi connectivity index (χ3n) is 2.95. The van der Waals surface area contributed by atoms with Crippen LogP contribution in [0.15, 0.2) is 0 Å². The van der Waals surface area contributed by atoms with Gasteiger partial charge in [0, 0.05) is 19.7 Å². The summed E-state index contributed by atoms with van der Waals surface area (Å²) in [7, 11) is 1.81. The van der Waals surface area contributed by atoms with Gasteiger partial charge < -0.3 is 14.8 Å². The zero-order chi connectivity index (χ0) is 11.1. The summed E-state index contributed by atoms with van der Waals surface area (Å²) in [5.74, 6) is 0. The zero-order valence-corrected chi connectivity index (χ0v) is 10.3. The molecule has 0 radical (unpaired) electrons. The van der Waals surface area contributed by atoms with Crippen LogP contribution in [0.1, 0.15) is 39.5 Å². The SMILES string of the molecule is COC1CCCC(NCCOC(C)C)C1. The molecule has 1 fully saturated rings. The minimum atomic E-state index is 0.338. The Hall–Kier alpha value is -0.120. The van der Waals surface area contributed by atoms with Gasteiger partial charge in [0.2, 0.25) is 0 Å². The molecule has 1 N–H and O–H groups in total. The first-order valence-corrected chi connectivity index (χ1v) is 6.10. The summed E-state index contributed by atoms with van der Waals surface area (Å²) in [4.78, 5) is 0. The first kappa shape index (κ1) is 12.9. The van der Waals surface area contributed by atoms with E-state index in [1.807, 2.05) is 7.11 Å². The number of methoxy groups -OCH3 is 1. The molecule has 2 atom stereocenters. The van der Waals surface area contributed by atoms with E-state index < -0.39 is 0 Å². The molecule has 0 spiro atoms. The highest BCUT2D eigenvalue weighted by Crippen LogP contribution is 2.20. The van der Waals surface area contributed by atoms with Crippen molar-refractivity contribution >= 4 is 0 Å². The number of nitrogens with one attached hydrogen (secondary N) is 1. The minimum absolute atomic E-state index is 0.338. The van der Waals surface area contributed by atoms with Gasteiger partial charge in [-0.3, -0.25) is 0 Å². The van der Waals surface area contributed by atoms with Gasteiger partial charge in [-0.25, -0.2) is 0 Å². The predicted octanol–water partition coefficient (Wildman–Crippen LogP) is 1.96. The van der Waals surface area contributed by atoms with E-state index >= 15 is 0 Å². The fraction of sp³-hybridized carbons (Fsp3) is 1.00. The Morgan fingerprint density at radius 3 is 2.80 bits per heavy atom. The molecule has 1 aliphatic rings. The van der Waals surface area contributed by atoms with Crippen molar-refractivity contribution in [2.45, 2.75) is 57.8 Å². The summed E-state index contributed by atoms with van der Waals surface area (Å²) in [5.41, 5.74) is 0. The van der Waals surface area contributed by atoms with Gasteiger partial charge in [-0.05, 0) is 39.5 Å². The van der Waals surface area contributed by atoms with Gasteiger partial charge in [-0.1, -0.05) is 0 Å². The lowest BCUT2D eigenvalue weighted by atomic mass is 9.93. The second-order valence-electron chi connectivity index (χ2n) is 4.59. The van der Waals surface area contributed by atoms with Gasteiger partial charge in [0.15, 0.2) is 0 Å². The molecular weight excluding hydrogens is 190 g/mol. The molecule has 0 aromatic rings. The minimum Gasteiger partial charge on any atom is -0.381 e. The van der Waals surface area contributed by atoms with Gasteiger partial charge in [0.25, 0.3) is 0 Å². The van der Waals surface area contributed by atoms with Crippen LogP contribution in [0.4, 0.5) is 0 Å². The third kappa shape index (κ3) is 5.50. The summed E-state index contributed by atoms with van der Waals surface area (Å²) in [5, 5.41) is 3.54. The molecule has 0 aromatic heterocycles. The number of rotatable bonds is 6. The molecule has 0 heterocycles. The van der Waals surface area contributed by atoms with Crippen molar-refractivity contribution < 1.29 is 9.47 Å². The van der Waals surface area contributed by atoms with Crippen LogP contribution in [-0.4, -0.2) is 38.5 Å². The second kappa shape index (κ2) is 7.20. The molecule has 0 aliphatic heterocycles. The van der Waals surface area contributed by atoms with E-state index in [0.717, 1.165) is 19.6 Å². The molecular formula is C12H25NO2. The van der Waals surface area contributed by atoms with Crippen molar-refractivity contribution in [3.05, 3.63) is 0 Å². The van der Waals surface area contributed by atoms with Crippen LogP contribution < -0.4 is 5.32 Å². The summed E-state index contributed by atoms with van der Waals surface area (Å²) in [6.45, 7) is 5.91. The van der Waals surface area contributed by atoms with Crippen molar-refractivity contribution in [1.82, 2.24) is 5.32 Å². The monoisotopic (exact) mass is 215 g/mol. The van der Waals surface area contributed by atoms with E-state index in [0.29, 0.717) is 18.2 Å². The molecule has 90 valence electrons. The molecule has 0 bridgehead atoms. The van der Waals surface area contributed by atoms with E-state index in [2.05, 4.69) is 19.2 Å². The van der Waals surface area contributed by atoms with Gasteiger partial charge in [-0.15, -0.1) is 0 Å². The highest BCUT2D eigenvalue weighted by atomic mass is 16.5. The summed E-state index contributed by atoms with van der Waals surface area (Å²) >= 11 is 0. The second-order valence-corrected chi connectivity index (χ2v) is 4.59. The lowest BCUT2D eigenvalue weighted by molar-refractivity contribution is 0.0517. The van der Waals surface area contributed by atoms with Crippen LogP contribution in [0.2, 0.25) is 0 Å². The third-order valence-corrected chi connectivity index (χ3v) is 2.95. The van der Waals surface area contributed by atoms with E-state index in [1.165, 1.54) is 19.3 Å². The van der Waals surface area contributed by atoms with E-state index in [1.54, 1.807) is 0 Å². The van der Waals surface area contributed by atoms with Crippen LogP contribution in [-0.2, 0) is 9.47 Å². The van der Waals surface area contributed by atoms with Crippen molar-refractivity contribution in [3.8, 4) is 0 Å². The van der Waals surface area contributed by atoms with Gasteiger partial charge in [0.05, 0.1) is 18.8 Å². The fourth-order valence-corrected chi connectivity index (χ4v) is 2.10. The van der Waals surface area contributed by atoms with Crippen LogP contribution in [0.3, 0.4) is 0 Å². The van der Waals surface area contributed by atoms with E-state index in [-0.39, 0.29) is 0 Å². The topological polar surface area (TPSA) is 30.5 Å². The Morgan fingerprint density at radius 1 is 1.33 bits per heavy atom. The Balaban J connectivity index is 2.05. The maximum absolute atomic E-state index is 5.49. The van der Waals surface area contributed by atoms with Crippen molar-refractivity contribution in [2.24, 2.45) is 0 Å². The summed E-state index contributed by atoms with van der Waals surface area (Å²) in [6.07, 6.45) is 5.73. The lowest BCUT2D eigenvalue weighted by Crippen LogP contribution is -2.38. The standard InChI is InChI=1S/C12H25NO2/c1-10(2)15-8-7-13-11-5-4-6-12(9-11)14-3/h10-13H,4-9H2,1-3H3.